The van der Waals surface area contributed by atoms with Crippen LogP contribution in [0.4, 0.5) is 0 Å². The summed E-state index contributed by atoms with van der Waals surface area (Å²) in [5.41, 5.74) is 5.61. The Bertz CT molecular complexity index is 602. The average molecular weight is 270 g/mol. The second-order valence-corrected chi connectivity index (χ2v) is 5.38. The normalized spacial score (nSPS) is 12.2. The quantitative estimate of drug-likeness (QED) is 0.913. The highest BCUT2D eigenvalue weighted by atomic mass is 16.5. The molecule has 1 unspecified atom stereocenters. The van der Waals surface area contributed by atoms with Crippen LogP contribution in [0.5, 0.6) is 5.75 Å². The summed E-state index contributed by atoms with van der Waals surface area (Å²) >= 11 is 0. The standard InChI is InChI=1S/C18H22O2/c1-12-5-6-13(2)16(9-12)10-17(19)15-8-7-14(3)18(11-15)20-4/h5-9,11,17,19H,10H2,1-4H3. The van der Waals surface area contributed by atoms with E-state index in [1.807, 2.05) is 25.1 Å². The van der Waals surface area contributed by atoms with Crippen molar-refractivity contribution >= 4 is 0 Å². The number of aliphatic hydroxyl groups excluding tert-OH is 1. The van der Waals surface area contributed by atoms with E-state index in [0.29, 0.717) is 6.42 Å². The molecule has 0 radical (unpaired) electrons. The van der Waals surface area contributed by atoms with E-state index in [9.17, 15) is 5.11 Å². The molecule has 0 saturated heterocycles. The van der Waals surface area contributed by atoms with E-state index in [1.54, 1.807) is 7.11 Å². The van der Waals surface area contributed by atoms with Crippen molar-refractivity contribution in [1.82, 2.24) is 0 Å². The molecule has 0 aliphatic heterocycles. The lowest BCUT2D eigenvalue weighted by Crippen LogP contribution is -2.04. The van der Waals surface area contributed by atoms with Crippen molar-refractivity contribution in [2.45, 2.75) is 33.3 Å². The van der Waals surface area contributed by atoms with Crippen molar-refractivity contribution < 1.29 is 9.84 Å². The van der Waals surface area contributed by atoms with Crippen LogP contribution in [-0.2, 0) is 6.42 Å². The Labute approximate surface area is 121 Å². The molecule has 0 aliphatic rings. The largest absolute Gasteiger partial charge is 0.496 e. The lowest BCUT2D eigenvalue weighted by molar-refractivity contribution is 0.178. The molecule has 2 aromatic carbocycles. The van der Waals surface area contributed by atoms with Crippen molar-refractivity contribution in [3.8, 4) is 5.75 Å². The Balaban J connectivity index is 2.23. The van der Waals surface area contributed by atoms with Gasteiger partial charge < -0.3 is 9.84 Å². The van der Waals surface area contributed by atoms with Gasteiger partial charge in [-0.2, -0.15) is 0 Å². The summed E-state index contributed by atoms with van der Waals surface area (Å²) in [5.74, 6) is 0.822. The van der Waals surface area contributed by atoms with Crippen molar-refractivity contribution in [1.29, 1.82) is 0 Å². The molecule has 0 aromatic heterocycles. The molecule has 0 aliphatic carbocycles. The predicted octanol–water partition coefficient (Wildman–Crippen LogP) is 3.90. The third-order valence-electron chi connectivity index (χ3n) is 3.73. The minimum atomic E-state index is -0.509. The fraction of sp³-hybridized carbons (Fsp3) is 0.333. The van der Waals surface area contributed by atoms with Gasteiger partial charge >= 0.3 is 0 Å². The van der Waals surface area contributed by atoms with Gasteiger partial charge in [-0.1, -0.05) is 35.9 Å². The maximum absolute atomic E-state index is 10.4. The maximum Gasteiger partial charge on any atom is 0.122 e. The summed E-state index contributed by atoms with van der Waals surface area (Å²) in [6.45, 7) is 6.15. The molecule has 2 aromatic rings. The Morgan fingerprint density at radius 3 is 2.40 bits per heavy atom. The van der Waals surface area contributed by atoms with Crippen LogP contribution in [0.3, 0.4) is 0 Å². The van der Waals surface area contributed by atoms with Gasteiger partial charge in [-0.05, 0) is 49.1 Å². The monoisotopic (exact) mass is 270 g/mol. The summed E-state index contributed by atoms with van der Waals surface area (Å²) < 4.78 is 5.32. The van der Waals surface area contributed by atoms with Crippen LogP contribution in [0, 0.1) is 20.8 Å². The molecule has 106 valence electrons. The number of hydrogen-bond donors (Lipinski definition) is 1. The van der Waals surface area contributed by atoms with Crippen molar-refractivity contribution in [2.75, 3.05) is 7.11 Å². The molecule has 1 atom stereocenters. The third-order valence-corrected chi connectivity index (χ3v) is 3.73. The zero-order valence-corrected chi connectivity index (χ0v) is 12.6. The minimum absolute atomic E-state index is 0.509. The van der Waals surface area contributed by atoms with Gasteiger partial charge in [-0.25, -0.2) is 0 Å². The van der Waals surface area contributed by atoms with E-state index in [2.05, 4.69) is 32.0 Å². The highest BCUT2D eigenvalue weighted by molar-refractivity contribution is 5.38. The smallest absolute Gasteiger partial charge is 0.122 e. The lowest BCUT2D eigenvalue weighted by atomic mass is 9.96. The summed E-state index contributed by atoms with van der Waals surface area (Å²) in [4.78, 5) is 0. The van der Waals surface area contributed by atoms with Crippen molar-refractivity contribution in [3.63, 3.8) is 0 Å². The number of ether oxygens (including phenoxy) is 1. The Hall–Kier alpha value is -1.80. The highest BCUT2D eigenvalue weighted by Gasteiger charge is 2.12. The lowest BCUT2D eigenvalue weighted by Gasteiger charge is -2.15. The van der Waals surface area contributed by atoms with Gasteiger partial charge in [-0.3, -0.25) is 0 Å². The number of rotatable bonds is 4. The summed E-state index contributed by atoms with van der Waals surface area (Å²) in [6.07, 6.45) is 0.115. The topological polar surface area (TPSA) is 29.5 Å². The van der Waals surface area contributed by atoms with Crippen molar-refractivity contribution in [2.24, 2.45) is 0 Å². The Morgan fingerprint density at radius 1 is 1.00 bits per heavy atom. The number of hydrogen-bond acceptors (Lipinski definition) is 2. The summed E-state index contributed by atoms with van der Waals surface area (Å²) in [6, 6.07) is 12.2. The van der Waals surface area contributed by atoms with Gasteiger partial charge in [0.15, 0.2) is 0 Å². The van der Waals surface area contributed by atoms with E-state index in [4.69, 9.17) is 4.74 Å². The van der Waals surface area contributed by atoms with Crippen LogP contribution in [0.1, 0.15) is 33.9 Å². The molecule has 20 heavy (non-hydrogen) atoms. The first kappa shape index (κ1) is 14.6. The van der Waals surface area contributed by atoms with Crippen LogP contribution < -0.4 is 4.74 Å². The SMILES string of the molecule is COc1cc(C(O)Cc2cc(C)ccc2C)ccc1C. The van der Waals surface area contributed by atoms with Gasteiger partial charge in [0.25, 0.3) is 0 Å². The van der Waals surface area contributed by atoms with Crippen LogP contribution in [0.15, 0.2) is 36.4 Å². The molecule has 0 amide bonds. The number of aryl methyl sites for hydroxylation is 3. The van der Waals surface area contributed by atoms with Crippen LogP contribution >= 0.6 is 0 Å². The molecular formula is C18H22O2. The van der Waals surface area contributed by atoms with Gasteiger partial charge in [0.2, 0.25) is 0 Å². The van der Waals surface area contributed by atoms with E-state index in [1.165, 1.54) is 16.7 Å². The molecule has 0 spiro atoms. The zero-order valence-electron chi connectivity index (χ0n) is 12.6. The Morgan fingerprint density at radius 2 is 1.70 bits per heavy atom. The van der Waals surface area contributed by atoms with E-state index in [0.717, 1.165) is 16.9 Å². The second kappa shape index (κ2) is 6.10. The first-order valence-electron chi connectivity index (χ1n) is 6.90. The molecule has 0 heterocycles. The fourth-order valence-electron chi connectivity index (χ4n) is 2.39. The number of benzene rings is 2. The maximum atomic E-state index is 10.4. The van der Waals surface area contributed by atoms with Crippen LogP contribution in [0.25, 0.3) is 0 Å². The average Bonchev–Trinajstić information content (AvgIpc) is 2.43. The zero-order chi connectivity index (χ0) is 14.7. The summed E-state index contributed by atoms with van der Waals surface area (Å²) in [5, 5.41) is 10.4. The highest BCUT2D eigenvalue weighted by Crippen LogP contribution is 2.26. The first-order valence-corrected chi connectivity index (χ1v) is 6.90. The second-order valence-electron chi connectivity index (χ2n) is 5.38. The molecule has 1 N–H and O–H groups in total. The van der Waals surface area contributed by atoms with E-state index >= 15 is 0 Å². The molecule has 2 rings (SSSR count). The number of aliphatic hydroxyl groups is 1. The van der Waals surface area contributed by atoms with Gasteiger partial charge in [0, 0.05) is 6.42 Å². The minimum Gasteiger partial charge on any atom is -0.496 e. The van der Waals surface area contributed by atoms with Gasteiger partial charge in [0.1, 0.15) is 5.75 Å². The summed E-state index contributed by atoms with van der Waals surface area (Å²) in [7, 11) is 1.66. The molecule has 2 nitrogen and oxygen atoms in total. The third kappa shape index (κ3) is 3.20. The number of methoxy groups -OCH3 is 1. The van der Waals surface area contributed by atoms with Crippen LogP contribution in [-0.4, -0.2) is 12.2 Å². The predicted molar refractivity (Wildman–Crippen MR) is 82.3 cm³/mol. The molecule has 0 saturated carbocycles. The Kier molecular flexibility index (Phi) is 4.46. The molecule has 0 bridgehead atoms. The van der Waals surface area contributed by atoms with Crippen molar-refractivity contribution in [3.05, 3.63) is 64.2 Å². The molecule has 0 fully saturated rings. The van der Waals surface area contributed by atoms with E-state index < -0.39 is 6.10 Å². The van der Waals surface area contributed by atoms with Crippen LogP contribution in [0.2, 0.25) is 0 Å². The molecular weight excluding hydrogens is 248 g/mol. The van der Waals surface area contributed by atoms with E-state index in [-0.39, 0.29) is 0 Å². The first-order chi connectivity index (χ1) is 9.51. The molecule has 2 heteroatoms. The van der Waals surface area contributed by atoms with Gasteiger partial charge in [-0.15, -0.1) is 0 Å². The fourth-order valence-corrected chi connectivity index (χ4v) is 2.39. The van der Waals surface area contributed by atoms with Gasteiger partial charge in [0.05, 0.1) is 13.2 Å².